The van der Waals surface area contributed by atoms with Gasteiger partial charge in [0, 0.05) is 0 Å². The average Bonchev–Trinajstić information content (AvgIpc) is 3.23. The van der Waals surface area contributed by atoms with E-state index in [2.05, 4.69) is 48.8 Å². The maximum atomic E-state index is 16.1. The Labute approximate surface area is 371 Å². The van der Waals surface area contributed by atoms with Gasteiger partial charge < -0.3 is 0 Å². The van der Waals surface area contributed by atoms with E-state index >= 15 is 70.2 Å². The average molecular weight is 989 g/mol. The molecule has 0 nitrogen and oxygen atoms in total. The van der Waals surface area contributed by atoms with Gasteiger partial charge in [0.2, 0.25) is 0 Å². The van der Waals surface area contributed by atoms with Crippen molar-refractivity contribution in [1.82, 2.24) is 0 Å². The summed E-state index contributed by atoms with van der Waals surface area (Å²) in [5, 5.41) is 0. The van der Waals surface area contributed by atoms with Gasteiger partial charge in [0.25, 0.3) is 0 Å². The van der Waals surface area contributed by atoms with E-state index < -0.39 is 177 Å². The molecular weight excluding hydrogens is 974 g/mol. The van der Waals surface area contributed by atoms with Crippen LogP contribution >= 0.6 is 15.9 Å². The van der Waals surface area contributed by atoms with Gasteiger partial charge in [0.05, 0.1) is 32.3 Å². The molecule has 0 N–H and O–H groups in total. The van der Waals surface area contributed by atoms with E-state index in [9.17, 15) is 17.6 Å². The summed E-state index contributed by atoms with van der Waals surface area (Å²) in [6.45, 7) is 14.3. The third kappa shape index (κ3) is 7.75. The SMILES string of the molecule is C=Cc1c(F)c(F)c(Br)c(F)c1F.C=Cc1c(F)c(F)c([B-](c2c(F)c(F)c(C=C)c(F)c2F)(c2c(F)c(F)c(C=C)c(F)c2F)c2c(F)c(F)c(C=C)c(F)c2F)c(F)c1F.[Na+]. The van der Waals surface area contributed by atoms with E-state index in [1.165, 1.54) is 0 Å². The summed E-state index contributed by atoms with van der Waals surface area (Å²) in [5.41, 5.74) is -20.5. The van der Waals surface area contributed by atoms with E-state index in [0.29, 0.717) is 6.08 Å². The molecule has 0 atom stereocenters. The Hall–Kier alpha value is -5.06. The van der Waals surface area contributed by atoms with Crippen LogP contribution in [0.5, 0.6) is 0 Å². The zero-order valence-electron chi connectivity index (χ0n) is 30.9. The van der Waals surface area contributed by atoms with E-state index in [4.69, 9.17) is 0 Å². The van der Waals surface area contributed by atoms with E-state index in [0.717, 1.165) is 0 Å². The molecule has 5 rings (SSSR count). The molecule has 0 aliphatic heterocycles. The van der Waals surface area contributed by atoms with E-state index in [1.54, 1.807) is 0 Å². The molecule has 5 aromatic rings. The van der Waals surface area contributed by atoms with Crippen molar-refractivity contribution in [2.45, 2.75) is 0 Å². The fourth-order valence-corrected chi connectivity index (χ4v) is 6.92. The number of benzene rings is 5. The van der Waals surface area contributed by atoms with E-state index in [-0.39, 0.29) is 53.9 Å². The van der Waals surface area contributed by atoms with Crippen molar-refractivity contribution in [3.05, 3.63) is 182 Å². The van der Waals surface area contributed by atoms with Gasteiger partial charge in [-0.3, -0.25) is 0 Å². The van der Waals surface area contributed by atoms with Gasteiger partial charge in [-0.1, -0.05) is 63.3 Å². The van der Waals surface area contributed by atoms with Crippen LogP contribution in [0.1, 0.15) is 27.8 Å². The Morgan fingerprint density at radius 3 is 0.508 bits per heavy atom. The number of halogens is 21. The largest absolute Gasteiger partial charge is 1.00 e. The van der Waals surface area contributed by atoms with E-state index in [1.807, 2.05) is 0 Å². The normalized spacial score (nSPS) is 11.1. The quantitative estimate of drug-likeness (QED) is 0.0602. The van der Waals surface area contributed by atoms with Crippen LogP contribution in [0.15, 0.2) is 37.4 Å². The predicted molar refractivity (Wildman–Crippen MR) is 194 cm³/mol. The second-order valence-corrected chi connectivity index (χ2v) is 13.0. The maximum Gasteiger partial charge on any atom is 1.00 e. The van der Waals surface area contributed by atoms with Crippen molar-refractivity contribution in [3.63, 3.8) is 0 Å². The van der Waals surface area contributed by atoms with Crippen LogP contribution in [0, 0.1) is 116 Å². The third-order valence-electron chi connectivity index (χ3n) is 9.32. The number of hydrogen-bond acceptors (Lipinski definition) is 0. The monoisotopic (exact) mass is 988 g/mol. The minimum Gasteiger partial charge on any atom is -0.207 e. The summed E-state index contributed by atoms with van der Waals surface area (Å²) in [6, 6.07) is 0. The molecule has 326 valence electrons. The molecule has 0 saturated heterocycles. The Morgan fingerprint density at radius 1 is 0.254 bits per heavy atom. The number of rotatable bonds is 9. The third-order valence-corrected chi connectivity index (χ3v) is 10.0. The zero-order valence-corrected chi connectivity index (χ0v) is 34.5. The summed E-state index contributed by atoms with van der Waals surface area (Å²) in [7, 11) is 0. The summed E-state index contributed by atoms with van der Waals surface area (Å²) in [5.74, 6) is -53.3. The molecule has 0 aliphatic carbocycles. The molecule has 0 unspecified atom stereocenters. The Kier molecular flexibility index (Phi) is 16.1. The first kappa shape index (κ1) is 52.3. The Morgan fingerprint density at radius 2 is 0.381 bits per heavy atom. The molecule has 0 amide bonds. The summed E-state index contributed by atoms with van der Waals surface area (Å²) >= 11 is 2.38. The van der Waals surface area contributed by atoms with Crippen LogP contribution in [0.4, 0.5) is 87.8 Å². The Balaban J connectivity index is 0.000000646. The first-order valence-corrected chi connectivity index (χ1v) is 16.9. The van der Waals surface area contributed by atoms with Gasteiger partial charge in [0.15, 0.2) is 69.8 Å². The predicted octanol–water partition coefficient (Wildman–Crippen LogP) is 8.51. The van der Waals surface area contributed by atoms with Crippen LogP contribution in [0.3, 0.4) is 0 Å². The molecule has 0 aromatic heterocycles. The van der Waals surface area contributed by atoms with Crippen LogP contribution < -0.4 is 51.4 Å². The smallest absolute Gasteiger partial charge is 0.207 e. The molecule has 23 heteroatoms. The second-order valence-electron chi connectivity index (χ2n) is 12.2. The maximum absolute atomic E-state index is 16.1. The van der Waals surface area contributed by atoms with Crippen molar-refractivity contribution < 1.29 is 117 Å². The molecule has 0 spiro atoms. The van der Waals surface area contributed by atoms with Crippen molar-refractivity contribution in [1.29, 1.82) is 0 Å². The van der Waals surface area contributed by atoms with Crippen LogP contribution in [0.2, 0.25) is 0 Å². The molecule has 0 radical (unpaired) electrons. The van der Waals surface area contributed by atoms with Gasteiger partial charge in [-0.2, -0.15) is 0 Å². The van der Waals surface area contributed by atoms with Gasteiger partial charge >= 0.3 is 29.6 Å². The first-order valence-electron chi connectivity index (χ1n) is 16.1. The summed E-state index contributed by atoms with van der Waals surface area (Å²) in [6.07, 6.45) is -5.92. The van der Waals surface area contributed by atoms with Crippen LogP contribution in [-0.4, -0.2) is 6.15 Å². The van der Waals surface area contributed by atoms with Crippen molar-refractivity contribution in [2.24, 2.45) is 0 Å². The summed E-state index contributed by atoms with van der Waals surface area (Å²) in [4.78, 5) is 0. The minimum atomic E-state index is -6.71. The van der Waals surface area contributed by atoms with Crippen LogP contribution in [-0.2, 0) is 0 Å². The van der Waals surface area contributed by atoms with Crippen molar-refractivity contribution in [3.8, 4) is 0 Å². The number of hydrogen-bond donors (Lipinski definition) is 0. The molecule has 0 aliphatic rings. The van der Waals surface area contributed by atoms with Gasteiger partial charge in [-0.05, 0) is 15.9 Å². The van der Waals surface area contributed by atoms with Crippen LogP contribution in [0.25, 0.3) is 30.4 Å². The molecule has 63 heavy (non-hydrogen) atoms. The summed E-state index contributed by atoms with van der Waals surface area (Å²) < 4.78 is 302. The fraction of sp³-hybridized carbons (Fsp3) is 0. The molecule has 0 heterocycles. The Bertz CT molecular complexity index is 2370. The van der Waals surface area contributed by atoms with Crippen molar-refractivity contribution in [2.75, 3.05) is 0 Å². The fourth-order valence-electron chi connectivity index (χ4n) is 6.57. The van der Waals surface area contributed by atoms with Gasteiger partial charge in [-0.15, -0.1) is 21.9 Å². The second kappa shape index (κ2) is 19.4. The molecule has 0 saturated carbocycles. The van der Waals surface area contributed by atoms with Gasteiger partial charge in [0.1, 0.15) is 52.7 Å². The van der Waals surface area contributed by atoms with Gasteiger partial charge in [-0.25, -0.2) is 87.8 Å². The standard InChI is InChI=1S/C32H12BF16.C8H3BrF4.Na/c1-5-9-17(34)25(42)13(26(43)18(9)35)33(14-27(44)19(36)10(6-2)20(37)28(14)45,15-29(46)21(38)11(7-3)22(39)30(15)47)16-31(48)23(40)12(8-4)24(41)32(16)49;1-2-3-5(10)7(12)4(9)8(13)6(3)11;/h5-8H,1-4H2;2H,1H2;/q-1;;+1. The first-order chi connectivity index (χ1) is 28.9. The molecular formula is C40H15BBrF20Na. The topological polar surface area (TPSA) is 0 Å². The zero-order chi connectivity index (χ0) is 47.4. The molecule has 0 fully saturated rings. The minimum absolute atomic E-state index is 0. The molecule has 5 aromatic carbocycles. The van der Waals surface area contributed by atoms with Crippen molar-refractivity contribution >= 4 is 74.3 Å². The molecule has 0 bridgehead atoms.